The summed E-state index contributed by atoms with van der Waals surface area (Å²) in [5, 5.41) is 14.9. The zero-order valence-corrected chi connectivity index (χ0v) is 11.4. The molecule has 4 nitrogen and oxygen atoms in total. The number of hydrogen-bond acceptors (Lipinski definition) is 5. The summed E-state index contributed by atoms with van der Waals surface area (Å²) in [6.45, 7) is 0.554. The molecule has 2 aromatic heterocycles. The Kier molecular flexibility index (Phi) is 3.48. The number of rotatable bonds is 4. The molecule has 0 bridgehead atoms. The van der Waals surface area contributed by atoms with Crippen molar-refractivity contribution in [3.63, 3.8) is 0 Å². The smallest absolute Gasteiger partial charge is 0.203 e. The van der Waals surface area contributed by atoms with E-state index in [0.717, 1.165) is 22.0 Å². The Hall–Kier alpha value is -2.58. The Labute approximate surface area is 120 Å². The van der Waals surface area contributed by atoms with Crippen LogP contribution in [0.1, 0.15) is 11.5 Å². The first-order chi connectivity index (χ1) is 9.85. The van der Waals surface area contributed by atoms with Crippen molar-refractivity contribution < 1.29 is 4.42 Å². The van der Waals surface area contributed by atoms with Gasteiger partial charge in [-0.1, -0.05) is 0 Å². The molecule has 0 amide bonds. The molecule has 0 fully saturated rings. The van der Waals surface area contributed by atoms with E-state index in [1.165, 1.54) is 0 Å². The average molecular weight is 281 g/mol. The minimum atomic E-state index is 0.334. The lowest BCUT2D eigenvalue weighted by atomic mass is 10.2. The third kappa shape index (κ3) is 2.71. The van der Waals surface area contributed by atoms with Crippen LogP contribution in [0.2, 0.25) is 0 Å². The highest BCUT2D eigenvalue weighted by molar-refractivity contribution is 7.13. The molecule has 0 aliphatic heterocycles. The van der Waals surface area contributed by atoms with Gasteiger partial charge in [-0.25, -0.2) is 4.98 Å². The number of anilines is 1. The zero-order valence-electron chi connectivity index (χ0n) is 10.5. The van der Waals surface area contributed by atoms with Gasteiger partial charge in [-0.2, -0.15) is 5.26 Å². The van der Waals surface area contributed by atoms with Gasteiger partial charge in [0.2, 0.25) is 5.76 Å². The topological polar surface area (TPSA) is 61.9 Å². The number of nitrogens with zero attached hydrogens (tertiary/aromatic N) is 2. The Bertz CT molecular complexity index is 723. The third-order valence-electron chi connectivity index (χ3n) is 2.80. The van der Waals surface area contributed by atoms with Crippen molar-refractivity contribution in [1.29, 1.82) is 5.26 Å². The number of aromatic nitrogens is 1. The van der Waals surface area contributed by atoms with E-state index in [-0.39, 0.29) is 0 Å². The Morgan fingerprint density at radius 2 is 2.05 bits per heavy atom. The molecule has 0 saturated heterocycles. The predicted octanol–water partition coefficient (Wildman–Crippen LogP) is 3.89. The highest BCUT2D eigenvalue weighted by Crippen LogP contribution is 2.23. The highest BCUT2D eigenvalue weighted by Gasteiger charge is 2.02. The molecule has 1 N–H and O–H groups in total. The van der Waals surface area contributed by atoms with Crippen LogP contribution in [0.25, 0.3) is 10.6 Å². The summed E-state index contributed by atoms with van der Waals surface area (Å²) in [4.78, 5) is 4.27. The first kappa shape index (κ1) is 12.5. The average Bonchev–Trinajstić information content (AvgIpc) is 3.17. The highest BCUT2D eigenvalue weighted by atomic mass is 32.1. The van der Waals surface area contributed by atoms with Crippen molar-refractivity contribution in [3.05, 3.63) is 59.5 Å². The molecule has 0 unspecified atom stereocenters. The van der Waals surface area contributed by atoms with E-state index in [2.05, 4.69) is 10.3 Å². The summed E-state index contributed by atoms with van der Waals surface area (Å²) < 4.78 is 5.31. The van der Waals surface area contributed by atoms with Gasteiger partial charge >= 0.3 is 0 Å². The molecule has 0 aliphatic carbocycles. The van der Waals surface area contributed by atoms with Crippen LogP contribution in [0.4, 0.5) is 5.69 Å². The van der Waals surface area contributed by atoms with Crippen molar-refractivity contribution in [2.75, 3.05) is 5.32 Å². The number of benzene rings is 1. The quantitative estimate of drug-likeness (QED) is 0.788. The van der Waals surface area contributed by atoms with Crippen molar-refractivity contribution in [2.45, 2.75) is 6.54 Å². The zero-order chi connectivity index (χ0) is 13.8. The Balaban J connectivity index is 1.65. The lowest BCUT2D eigenvalue weighted by molar-refractivity contribution is 0.506. The van der Waals surface area contributed by atoms with Crippen molar-refractivity contribution in [1.82, 2.24) is 4.98 Å². The van der Waals surface area contributed by atoms with Gasteiger partial charge in [0.15, 0.2) is 0 Å². The molecular weight excluding hydrogens is 270 g/mol. The second-order valence-electron chi connectivity index (χ2n) is 4.15. The number of hydrogen-bond donors (Lipinski definition) is 1. The monoisotopic (exact) mass is 281 g/mol. The lowest BCUT2D eigenvalue weighted by Crippen LogP contribution is -1.97. The van der Waals surface area contributed by atoms with Crippen LogP contribution in [0, 0.1) is 11.3 Å². The summed E-state index contributed by atoms with van der Waals surface area (Å²) in [5.41, 5.74) is 2.11. The van der Waals surface area contributed by atoms with Gasteiger partial charge in [-0.3, -0.25) is 0 Å². The largest absolute Gasteiger partial charge is 0.449 e. The second-order valence-corrected chi connectivity index (χ2v) is 5.04. The first-order valence-electron chi connectivity index (χ1n) is 6.08. The minimum Gasteiger partial charge on any atom is -0.449 e. The second kappa shape index (κ2) is 5.59. The van der Waals surface area contributed by atoms with Gasteiger partial charge in [0.1, 0.15) is 16.8 Å². The summed E-state index contributed by atoms with van der Waals surface area (Å²) >= 11 is 1.62. The SMILES string of the molecule is N#Cc1ccc(CNc2ccc(-c3nccs3)cc2)o1. The molecule has 20 heavy (non-hydrogen) atoms. The molecule has 0 aliphatic rings. The minimum absolute atomic E-state index is 0.334. The molecule has 0 atom stereocenters. The standard InChI is InChI=1S/C15H11N3OS/c16-9-13-5-6-14(19-13)10-18-12-3-1-11(2-4-12)15-17-7-8-20-15/h1-8,18H,10H2. The van der Waals surface area contributed by atoms with E-state index < -0.39 is 0 Å². The summed E-state index contributed by atoms with van der Waals surface area (Å²) in [6, 6.07) is 13.5. The van der Waals surface area contributed by atoms with E-state index in [4.69, 9.17) is 9.68 Å². The molecule has 98 valence electrons. The molecule has 5 heteroatoms. The predicted molar refractivity (Wildman–Crippen MR) is 78.3 cm³/mol. The fourth-order valence-corrected chi connectivity index (χ4v) is 2.46. The van der Waals surface area contributed by atoms with Gasteiger partial charge in [0, 0.05) is 22.8 Å². The van der Waals surface area contributed by atoms with E-state index in [0.29, 0.717) is 12.3 Å². The van der Waals surface area contributed by atoms with Crippen LogP contribution in [0.5, 0.6) is 0 Å². The van der Waals surface area contributed by atoms with Gasteiger partial charge in [0.05, 0.1) is 6.54 Å². The molecule has 0 radical (unpaired) electrons. The number of furan rings is 1. The molecule has 3 aromatic rings. The van der Waals surface area contributed by atoms with Crippen LogP contribution >= 0.6 is 11.3 Å². The lowest BCUT2D eigenvalue weighted by Gasteiger charge is -2.05. The maximum absolute atomic E-state index is 8.69. The van der Waals surface area contributed by atoms with Crippen LogP contribution in [0.15, 0.2) is 52.4 Å². The molecule has 0 spiro atoms. The van der Waals surface area contributed by atoms with Crippen molar-refractivity contribution in [3.8, 4) is 16.6 Å². The maximum Gasteiger partial charge on any atom is 0.203 e. The van der Waals surface area contributed by atoms with Gasteiger partial charge < -0.3 is 9.73 Å². The molecule has 2 heterocycles. The van der Waals surface area contributed by atoms with Crippen LogP contribution < -0.4 is 5.32 Å². The summed E-state index contributed by atoms with van der Waals surface area (Å²) in [6.07, 6.45) is 1.80. The number of thiazole rings is 1. The summed E-state index contributed by atoms with van der Waals surface area (Å²) in [5.74, 6) is 1.08. The van der Waals surface area contributed by atoms with Crippen LogP contribution in [-0.4, -0.2) is 4.98 Å². The fourth-order valence-electron chi connectivity index (χ4n) is 1.82. The molecule has 0 saturated carbocycles. The third-order valence-corrected chi connectivity index (χ3v) is 3.62. The van der Waals surface area contributed by atoms with Gasteiger partial charge in [-0.15, -0.1) is 11.3 Å². The number of nitriles is 1. The van der Waals surface area contributed by atoms with E-state index in [1.807, 2.05) is 35.7 Å². The van der Waals surface area contributed by atoms with Crippen molar-refractivity contribution >= 4 is 17.0 Å². The Morgan fingerprint density at radius 3 is 2.70 bits per heavy atom. The van der Waals surface area contributed by atoms with Crippen LogP contribution in [-0.2, 0) is 6.54 Å². The molecular formula is C15H11N3OS. The van der Waals surface area contributed by atoms with E-state index in [9.17, 15) is 0 Å². The fraction of sp³-hybridized carbons (Fsp3) is 0.0667. The normalized spacial score (nSPS) is 10.2. The van der Waals surface area contributed by atoms with Gasteiger partial charge in [-0.05, 0) is 36.4 Å². The van der Waals surface area contributed by atoms with E-state index in [1.54, 1.807) is 29.7 Å². The maximum atomic E-state index is 8.69. The van der Waals surface area contributed by atoms with Gasteiger partial charge in [0.25, 0.3) is 0 Å². The van der Waals surface area contributed by atoms with E-state index >= 15 is 0 Å². The molecule has 1 aromatic carbocycles. The van der Waals surface area contributed by atoms with Crippen LogP contribution in [0.3, 0.4) is 0 Å². The number of nitrogens with one attached hydrogen (secondary N) is 1. The Morgan fingerprint density at radius 1 is 1.20 bits per heavy atom. The van der Waals surface area contributed by atoms with Crippen molar-refractivity contribution in [2.24, 2.45) is 0 Å². The first-order valence-corrected chi connectivity index (χ1v) is 6.96. The summed E-state index contributed by atoms with van der Waals surface area (Å²) in [7, 11) is 0. The molecule has 3 rings (SSSR count).